The summed E-state index contributed by atoms with van der Waals surface area (Å²) in [4.78, 5) is 0. The molecule has 2 rings (SSSR count). The zero-order valence-electron chi connectivity index (χ0n) is 13.0. The lowest BCUT2D eigenvalue weighted by Crippen LogP contribution is -2.43. The zero-order valence-corrected chi connectivity index (χ0v) is 13.0. The Labute approximate surface area is 123 Å². The van der Waals surface area contributed by atoms with Gasteiger partial charge in [-0.15, -0.1) is 0 Å². The van der Waals surface area contributed by atoms with Crippen LogP contribution in [0.1, 0.15) is 45.1 Å². The molecular weight excluding hydrogens is 246 g/mol. The largest absolute Gasteiger partial charge is 0.377 e. The standard InChI is InChI=1S/C18H29NO/c1-3-14-19-17(18(20-4-2)16-11-12-16)13-10-15-8-6-5-7-9-15/h5-9,16-19H,3-4,10-14H2,1-2H3. The van der Waals surface area contributed by atoms with Crippen molar-refractivity contribution in [2.75, 3.05) is 13.2 Å². The van der Waals surface area contributed by atoms with Crippen molar-refractivity contribution in [3.8, 4) is 0 Å². The fourth-order valence-corrected chi connectivity index (χ4v) is 2.88. The second kappa shape index (κ2) is 8.43. The molecule has 0 spiro atoms. The SMILES string of the molecule is CCCNC(CCc1ccccc1)C(OCC)C1CC1. The average molecular weight is 275 g/mol. The Hall–Kier alpha value is -0.860. The Bertz CT molecular complexity index is 361. The van der Waals surface area contributed by atoms with E-state index in [1.54, 1.807) is 0 Å². The van der Waals surface area contributed by atoms with Crippen molar-refractivity contribution in [3.05, 3.63) is 35.9 Å². The third-order valence-corrected chi connectivity index (χ3v) is 4.09. The van der Waals surface area contributed by atoms with Crippen LogP contribution in [-0.4, -0.2) is 25.3 Å². The fraction of sp³-hybridized carbons (Fsp3) is 0.667. The van der Waals surface area contributed by atoms with Crippen molar-refractivity contribution in [1.29, 1.82) is 0 Å². The lowest BCUT2D eigenvalue weighted by Gasteiger charge is -2.28. The lowest BCUT2D eigenvalue weighted by molar-refractivity contribution is 0.0171. The highest BCUT2D eigenvalue weighted by Crippen LogP contribution is 2.36. The zero-order chi connectivity index (χ0) is 14.2. The van der Waals surface area contributed by atoms with E-state index in [1.165, 1.54) is 31.2 Å². The molecule has 2 unspecified atom stereocenters. The van der Waals surface area contributed by atoms with E-state index in [1.807, 2.05) is 0 Å². The molecule has 0 bridgehead atoms. The Balaban J connectivity index is 1.91. The number of rotatable bonds is 10. The molecule has 1 aromatic rings. The topological polar surface area (TPSA) is 21.3 Å². The van der Waals surface area contributed by atoms with Gasteiger partial charge in [0.2, 0.25) is 0 Å². The lowest BCUT2D eigenvalue weighted by atomic mass is 9.98. The summed E-state index contributed by atoms with van der Waals surface area (Å²) in [6.45, 7) is 6.27. The molecule has 1 aromatic carbocycles. The van der Waals surface area contributed by atoms with Crippen molar-refractivity contribution in [3.63, 3.8) is 0 Å². The Morgan fingerprint density at radius 1 is 1.20 bits per heavy atom. The van der Waals surface area contributed by atoms with Gasteiger partial charge in [0.15, 0.2) is 0 Å². The maximum absolute atomic E-state index is 6.05. The van der Waals surface area contributed by atoms with Crippen molar-refractivity contribution in [1.82, 2.24) is 5.32 Å². The number of nitrogens with one attached hydrogen (secondary N) is 1. The minimum Gasteiger partial charge on any atom is -0.377 e. The summed E-state index contributed by atoms with van der Waals surface area (Å²) in [5, 5.41) is 3.72. The van der Waals surface area contributed by atoms with E-state index in [4.69, 9.17) is 4.74 Å². The van der Waals surface area contributed by atoms with Gasteiger partial charge in [0.1, 0.15) is 0 Å². The molecule has 20 heavy (non-hydrogen) atoms. The molecule has 1 N–H and O–H groups in total. The monoisotopic (exact) mass is 275 g/mol. The summed E-state index contributed by atoms with van der Waals surface area (Å²) in [6, 6.07) is 11.3. The molecule has 1 aliphatic rings. The quantitative estimate of drug-likeness (QED) is 0.701. The normalized spacial score (nSPS) is 17.9. The van der Waals surface area contributed by atoms with Crippen molar-refractivity contribution in [2.24, 2.45) is 5.92 Å². The molecule has 0 radical (unpaired) electrons. The average Bonchev–Trinajstić information content (AvgIpc) is 3.31. The molecule has 2 atom stereocenters. The van der Waals surface area contributed by atoms with E-state index < -0.39 is 0 Å². The Morgan fingerprint density at radius 3 is 2.55 bits per heavy atom. The van der Waals surface area contributed by atoms with E-state index in [9.17, 15) is 0 Å². The smallest absolute Gasteiger partial charge is 0.0756 e. The summed E-state index contributed by atoms with van der Waals surface area (Å²) in [5.41, 5.74) is 1.43. The number of aryl methyl sites for hydroxylation is 1. The van der Waals surface area contributed by atoms with Gasteiger partial charge < -0.3 is 10.1 Å². The predicted octanol–water partition coefficient (Wildman–Crippen LogP) is 3.80. The van der Waals surface area contributed by atoms with Gasteiger partial charge in [-0.25, -0.2) is 0 Å². The fourth-order valence-electron chi connectivity index (χ4n) is 2.88. The number of hydrogen-bond donors (Lipinski definition) is 1. The predicted molar refractivity (Wildman–Crippen MR) is 85.0 cm³/mol. The maximum Gasteiger partial charge on any atom is 0.0756 e. The van der Waals surface area contributed by atoms with E-state index in [-0.39, 0.29) is 0 Å². The Kier molecular flexibility index (Phi) is 6.55. The van der Waals surface area contributed by atoms with Crippen LogP contribution in [0.5, 0.6) is 0 Å². The summed E-state index contributed by atoms with van der Waals surface area (Å²) in [6.07, 6.45) is 6.60. The van der Waals surface area contributed by atoms with Crippen molar-refractivity contribution in [2.45, 2.75) is 58.1 Å². The van der Waals surface area contributed by atoms with Gasteiger partial charge in [-0.1, -0.05) is 37.3 Å². The highest BCUT2D eigenvalue weighted by molar-refractivity contribution is 5.15. The third-order valence-electron chi connectivity index (χ3n) is 4.09. The first-order valence-corrected chi connectivity index (χ1v) is 8.24. The van der Waals surface area contributed by atoms with Crippen LogP contribution in [0.15, 0.2) is 30.3 Å². The van der Waals surface area contributed by atoms with Crippen LogP contribution < -0.4 is 5.32 Å². The van der Waals surface area contributed by atoms with Gasteiger partial charge in [-0.2, -0.15) is 0 Å². The highest BCUT2D eigenvalue weighted by Gasteiger charge is 2.36. The molecule has 2 heteroatoms. The van der Waals surface area contributed by atoms with E-state index in [0.717, 1.165) is 25.5 Å². The van der Waals surface area contributed by atoms with Crippen LogP contribution in [-0.2, 0) is 11.2 Å². The molecule has 0 saturated heterocycles. The van der Waals surface area contributed by atoms with Gasteiger partial charge >= 0.3 is 0 Å². The molecule has 0 aromatic heterocycles. The molecule has 1 aliphatic carbocycles. The van der Waals surface area contributed by atoms with Gasteiger partial charge in [-0.05, 0) is 57.1 Å². The highest BCUT2D eigenvalue weighted by atomic mass is 16.5. The van der Waals surface area contributed by atoms with Crippen molar-refractivity contribution >= 4 is 0 Å². The van der Waals surface area contributed by atoms with Gasteiger partial charge in [0.25, 0.3) is 0 Å². The summed E-state index contributed by atoms with van der Waals surface area (Å²) < 4.78 is 6.05. The second-order valence-corrected chi connectivity index (χ2v) is 5.84. The molecule has 1 saturated carbocycles. The molecule has 112 valence electrons. The van der Waals surface area contributed by atoms with Crippen LogP contribution in [0, 0.1) is 5.92 Å². The van der Waals surface area contributed by atoms with Gasteiger partial charge in [-0.3, -0.25) is 0 Å². The summed E-state index contributed by atoms with van der Waals surface area (Å²) in [5.74, 6) is 0.792. The first kappa shape index (κ1) is 15.5. The minimum atomic E-state index is 0.412. The second-order valence-electron chi connectivity index (χ2n) is 5.84. The van der Waals surface area contributed by atoms with E-state index >= 15 is 0 Å². The van der Waals surface area contributed by atoms with E-state index in [2.05, 4.69) is 49.5 Å². The molecular formula is C18H29NO. The number of hydrogen-bond acceptors (Lipinski definition) is 2. The maximum atomic E-state index is 6.05. The summed E-state index contributed by atoms with van der Waals surface area (Å²) >= 11 is 0. The number of ether oxygens (including phenoxy) is 1. The molecule has 1 fully saturated rings. The third kappa shape index (κ3) is 4.92. The van der Waals surface area contributed by atoms with Gasteiger partial charge in [0.05, 0.1) is 6.10 Å². The first-order chi connectivity index (χ1) is 9.85. The van der Waals surface area contributed by atoms with Crippen LogP contribution in [0.2, 0.25) is 0 Å². The van der Waals surface area contributed by atoms with Crippen LogP contribution in [0.25, 0.3) is 0 Å². The Morgan fingerprint density at radius 2 is 1.95 bits per heavy atom. The minimum absolute atomic E-state index is 0.412. The molecule has 2 nitrogen and oxygen atoms in total. The van der Waals surface area contributed by atoms with Crippen LogP contribution in [0.4, 0.5) is 0 Å². The number of benzene rings is 1. The van der Waals surface area contributed by atoms with E-state index in [0.29, 0.717) is 12.1 Å². The van der Waals surface area contributed by atoms with Gasteiger partial charge in [0, 0.05) is 12.6 Å². The van der Waals surface area contributed by atoms with Crippen LogP contribution >= 0.6 is 0 Å². The molecule has 0 amide bonds. The molecule has 0 aliphatic heterocycles. The molecule has 0 heterocycles. The van der Waals surface area contributed by atoms with Crippen LogP contribution in [0.3, 0.4) is 0 Å². The van der Waals surface area contributed by atoms with Crippen molar-refractivity contribution < 1.29 is 4.74 Å². The summed E-state index contributed by atoms with van der Waals surface area (Å²) in [7, 11) is 0. The first-order valence-electron chi connectivity index (χ1n) is 8.24.